The number of nitrogens with one attached hydrogen (secondary N) is 1. The molecule has 0 spiro atoms. The van der Waals surface area contributed by atoms with Crippen molar-refractivity contribution in [3.8, 4) is 17.0 Å². The van der Waals surface area contributed by atoms with Crippen molar-refractivity contribution in [2.24, 2.45) is 0 Å². The molecular weight excluding hydrogens is 454 g/mol. The van der Waals surface area contributed by atoms with E-state index in [1.807, 2.05) is 53.2 Å². The van der Waals surface area contributed by atoms with Crippen molar-refractivity contribution in [2.75, 3.05) is 20.2 Å². The van der Waals surface area contributed by atoms with Crippen molar-refractivity contribution >= 4 is 22.7 Å². The second-order valence-electron chi connectivity index (χ2n) is 8.70. The van der Waals surface area contributed by atoms with Gasteiger partial charge >= 0.3 is 0 Å². The van der Waals surface area contributed by atoms with E-state index in [4.69, 9.17) is 9.84 Å². The maximum atomic E-state index is 13.3. The SMILES string of the molecule is C=CC(=O)N1CCC(n2nc(-c3ccccc3C(=O)NCc3cccc(OC)c3)c3cnccc32)C1. The predicted octanol–water partition coefficient (Wildman–Crippen LogP) is 4.00. The Balaban J connectivity index is 1.46. The first-order valence-corrected chi connectivity index (χ1v) is 11.8. The van der Waals surface area contributed by atoms with Crippen molar-refractivity contribution in [1.82, 2.24) is 25.0 Å². The number of benzene rings is 2. The zero-order chi connectivity index (χ0) is 25.1. The minimum atomic E-state index is -0.191. The van der Waals surface area contributed by atoms with Crippen LogP contribution in [0.1, 0.15) is 28.4 Å². The van der Waals surface area contributed by atoms with Gasteiger partial charge in [0.1, 0.15) is 11.4 Å². The molecule has 4 aromatic rings. The lowest BCUT2D eigenvalue weighted by Crippen LogP contribution is -2.27. The fourth-order valence-electron chi connectivity index (χ4n) is 4.68. The molecule has 0 saturated carbocycles. The Morgan fingerprint density at radius 2 is 2.06 bits per heavy atom. The van der Waals surface area contributed by atoms with Gasteiger partial charge in [-0.25, -0.2) is 0 Å². The normalized spacial score (nSPS) is 15.1. The summed E-state index contributed by atoms with van der Waals surface area (Å²) in [5.74, 6) is 0.476. The number of hydrogen-bond donors (Lipinski definition) is 1. The number of carbonyl (C=O) groups excluding carboxylic acids is 2. The number of carbonyl (C=O) groups is 2. The van der Waals surface area contributed by atoms with Crippen molar-refractivity contribution in [3.63, 3.8) is 0 Å². The van der Waals surface area contributed by atoms with Crippen LogP contribution in [-0.4, -0.2) is 51.7 Å². The third-order valence-corrected chi connectivity index (χ3v) is 6.52. The van der Waals surface area contributed by atoms with Crippen molar-refractivity contribution in [3.05, 3.63) is 90.8 Å². The molecule has 2 aromatic carbocycles. The molecule has 2 amide bonds. The number of nitrogens with zero attached hydrogens (tertiary/aromatic N) is 4. The van der Waals surface area contributed by atoms with Crippen LogP contribution in [0.2, 0.25) is 0 Å². The van der Waals surface area contributed by atoms with Gasteiger partial charge in [0.15, 0.2) is 0 Å². The second kappa shape index (κ2) is 10.0. The van der Waals surface area contributed by atoms with Crippen molar-refractivity contribution in [2.45, 2.75) is 19.0 Å². The molecule has 1 aliphatic heterocycles. The second-order valence-corrected chi connectivity index (χ2v) is 8.70. The minimum absolute atomic E-state index is 0.0293. The molecule has 0 bridgehead atoms. The highest BCUT2D eigenvalue weighted by molar-refractivity contribution is 6.04. The van der Waals surface area contributed by atoms with Crippen LogP contribution in [0.4, 0.5) is 0 Å². The highest BCUT2D eigenvalue weighted by Crippen LogP contribution is 2.33. The van der Waals surface area contributed by atoms with E-state index in [1.165, 1.54) is 6.08 Å². The number of likely N-dealkylation sites (tertiary alicyclic amines) is 1. The molecule has 2 aromatic heterocycles. The lowest BCUT2D eigenvalue weighted by molar-refractivity contribution is -0.125. The fourth-order valence-corrected chi connectivity index (χ4v) is 4.68. The lowest BCUT2D eigenvalue weighted by atomic mass is 10.0. The van der Waals surface area contributed by atoms with E-state index in [1.54, 1.807) is 30.5 Å². The summed E-state index contributed by atoms with van der Waals surface area (Å²) in [5.41, 5.74) is 3.82. The Morgan fingerprint density at radius 1 is 1.19 bits per heavy atom. The number of methoxy groups -OCH3 is 1. The molecule has 0 radical (unpaired) electrons. The summed E-state index contributed by atoms with van der Waals surface area (Å²) in [7, 11) is 1.62. The van der Waals surface area contributed by atoms with Gasteiger partial charge in [0.25, 0.3) is 5.91 Å². The van der Waals surface area contributed by atoms with Crippen LogP contribution in [0.25, 0.3) is 22.2 Å². The van der Waals surface area contributed by atoms with Crippen LogP contribution in [-0.2, 0) is 11.3 Å². The summed E-state index contributed by atoms with van der Waals surface area (Å²) in [6.07, 6.45) is 5.65. The average molecular weight is 482 g/mol. The van der Waals surface area contributed by atoms with E-state index in [0.717, 1.165) is 34.2 Å². The summed E-state index contributed by atoms with van der Waals surface area (Å²) in [4.78, 5) is 31.5. The molecule has 1 atom stereocenters. The van der Waals surface area contributed by atoms with E-state index in [9.17, 15) is 9.59 Å². The molecule has 1 aliphatic rings. The summed E-state index contributed by atoms with van der Waals surface area (Å²) in [6.45, 7) is 5.19. The van der Waals surface area contributed by atoms with Gasteiger partial charge in [0, 0.05) is 48.5 Å². The zero-order valence-corrected chi connectivity index (χ0v) is 20.1. The number of aromatic nitrogens is 3. The molecule has 1 saturated heterocycles. The first-order valence-electron chi connectivity index (χ1n) is 11.8. The molecule has 1 fully saturated rings. The third kappa shape index (κ3) is 4.45. The molecule has 182 valence electrons. The zero-order valence-electron chi connectivity index (χ0n) is 20.1. The number of fused-ring (bicyclic) bond motifs is 1. The monoisotopic (exact) mass is 481 g/mol. The standard InChI is InChI=1S/C28H27N5O3/c1-3-26(34)32-14-12-20(18-32)33-25-11-13-29-17-24(25)27(31-33)22-9-4-5-10-23(22)28(35)30-16-19-7-6-8-21(15-19)36-2/h3-11,13,15,17,20H,1,12,14,16,18H2,2H3,(H,30,35). The van der Waals surface area contributed by atoms with E-state index >= 15 is 0 Å². The highest BCUT2D eigenvalue weighted by Gasteiger charge is 2.29. The van der Waals surface area contributed by atoms with E-state index in [2.05, 4.69) is 16.9 Å². The van der Waals surface area contributed by atoms with Crippen LogP contribution >= 0.6 is 0 Å². The number of rotatable bonds is 7. The van der Waals surface area contributed by atoms with Crippen LogP contribution in [0.5, 0.6) is 5.75 Å². The molecule has 8 heteroatoms. The first-order chi connectivity index (χ1) is 17.6. The number of pyridine rings is 1. The van der Waals surface area contributed by atoms with Gasteiger partial charge in [-0.2, -0.15) is 5.10 Å². The van der Waals surface area contributed by atoms with E-state index in [0.29, 0.717) is 30.9 Å². The van der Waals surface area contributed by atoms with Gasteiger partial charge in [-0.15, -0.1) is 0 Å². The van der Waals surface area contributed by atoms with Gasteiger partial charge in [-0.1, -0.05) is 36.9 Å². The highest BCUT2D eigenvalue weighted by atomic mass is 16.5. The summed E-state index contributed by atoms with van der Waals surface area (Å²) in [6, 6.07) is 17.0. The number of ether oxygens (including phenoxy) is 1. The molecule has 8 nitrogen and oxygen atoms in total. The maximum absolute atomic E-state index is 13.3. The Bertz CT molecular complexity index is 1440. The van der Waals surface area contributed by atoms with Gasteiger partial charge in [0.05, 0.1) is 18.7 Å². The minimum Gasteiger partial charge on any atom is -0.497 e. The lowest BCUT2D eigenvalue weighted by Gasteiger charge is -2.15. The van der Waals surface area contributed by atoms with E-state index < -0.39 is 0 Å². The smallest absolute Gasteiger partial charge is 0.252 e. The molecule has 5 rings (SSSR count). The quantitative estimate of drug-likeness (QED) is 0.403. The van der Waals surface area contributed by atoms with Crippen LogP contribution in [0.15, 0.2) is 79.6 Å². The average Bonchev–Trinajstić information content (AvgIpc) is 3.57. The van der Waals surface area contributed by atoms with Crippen molar-refractivity contribution < 1.29 is 14.3 Å². The largest absolute Gasteiger partial charge is 0.497 e. The first kappa shape index (κ1) is 23.3. The van der Waals surface area contributed by atoms with Gasteiger partial charge in [-0.05, 0) is 42.3 Å². The van der Waals surface area contributed by atoms with Gasteiger partial charge < -0.3 is 15.0 Å². The summed E-state index contributed by atoms with van der Waals surface area (Å²) in [5, 5.41) is 8.83. The molecule has 1 unspecified atom stereocenters. The third-order valence-electron chi connectivity index (χ3n) is 6.52. The topological polar surface area (TPSA) is 89.4 Å². The molecule has 36 heavy (non-hydrogen) atoms. The molecule has 1 N–H and O–H groups in total. The molecule has 3 heterocycles. The molecule has 0 aliphatic carbocycles. The Morgan fingerprint density at radius 3 is 2.89 bits per heavy atom. The van der Waals surface area contributed by atoms with Crippen molar-refractivity contribution in [1.29, 1.82) is 0 Å². The summed E-state index contributed by atoms with van der Waals surface area (Å²) >= 11 is 0. The fraction of sp³-hybridized carbons (Fsp3) is 0.214. The van der Waals surface area contributed by atoms with Gasteiger partial charge in [-0.3, -0.25) is 19.3 Å². The number of amides is 2. The number of hydrogen-bond acceptors (Lipinski definition) is 5. The summed E-state index contributed by atoms with van der Waals surface area (Å²) < 4.78 is 7.24. The van der Waals surface area contributed by atoms with E-state index in [-0.39, 0.29) is 17.9 Å². The predicted molar refractivity (Wildman–Crippen MR) is 138 cm³/mol. The van der Waals surface area contributed by atoms with Crippen LogP contribution in [0.3, 0.4) is 0 Å². The Labute approximate surface area is 209 Å². The maximum Gasteiger partial charge on any atom is 0.252 e. The molecular formula is C28H27N5O3. The van der Waals surface area contributed by atoms with Crippen LogP contribution in [0, 0.1) is 0 Å². The Kier molecular flexibility index (Phi) is 6.49. The van der Waals surface area contributed by atoms with Crippen LogP contribution < -0.4 is 10.1 Å². The van der Waals surface area contributed by atoms with Gasteiger partial charge in [0.2, 0.25) is 5.91 Å². The Hall–Kier alpha value is -4.46.